The second kappa shape index (κ2) is 11.4. The number of carbonyl (C=O) groups is 2. The van der Waals surface area contributed by atoms with Gasteiger partial charge in [-0.05, 0) is 109 Å². The lowest BCUT2D eigenvalue weighted by Crippen LogP contribution is -2.26. The predicted molar refractivity (Wildman–Crippen MR) is 150 cm³/mol. The van der Waals surface area contributed by atoms with E-state index in [-0.39, 0.29) is 18.4 Å². The highest BCUT2D eigenvalue weighted by molar-refractivity contribution is 7.21. The molecule has 1 amide bonds. The van der Waals surface area contributed by atoms with Crippen LogP contribution in [0.4, 0.5) is 0 Å². The molecule has 0 aliphatic rings. The van der Waals surface area contributed by atoms with Crippen molar-refractivity contribution in [2.45, 2.75) is 53.0 Å². The van der Waals surface area contributed by atoms with E-state index in [1.807, 2.05) is 82.3 Å². The maximum Gasteiger partial charge on any atom is 0.303 e. The fourth-order valence-corrected chi connectivity index (χ4v) is 5.72. The summed E-state index contributed by atoms with van der Waals surface area (Å²) in [6.45, 7) is 7.95. The Kier molecular flexibility index (Phi) is 8.20. The number of thiophene rings is 1. The minimum atomic E-state index is -0.803. The van der Waals surface area contributed by atoms with Gasteiger partial charge < -0.3 is 15.2 Å². The SMILES string of the molecule is CCc1cc(Oc2cc(C)cc(C(C)NC(=O)c3sc4ccc(Cl)cc4c3C)c2)ccc1CCC(=O)O. The third-order valence-electron chi connectivity index (χ3n) is 6.43. The molecule has 3 aromatic carbocycles. The topological polar surface area (TPSA) is 75.6 Å². The summed E-state index contributed by atoms with van der Waals surface area (Å²) < 4.78 is 7.23. The first-order valence-corrected chi connectivity index (χ1v) is 13.5. The zero-order chi connectivity index (χ0) is 26.7. The molecule has 0 saturated heterocycles. The van der Waals surface area contributed by atoms with Crippen LogP contribution in [0.1, 0.15) is 63.8 Å². The number of aryl methyl sites for hydroxylation is 4. The zero-order valence-electron chi connectivity index (χ0n) is 21.4. The molecule has 0 spiro atoms. The van der Waals surface area contributed by atoms with Gasteiger partial charge in [-0.2, -0.15) is 0 Å². The lowest BCUT2D eigenvalue weighted by atomic mass is 10.0. The van der Waals surface area contributed by atoms with Crippen LogP contribution in [-0.2, 0) is 17.6 Å². The molecule has 192 valence electrons. The van der Waals surface area contributed by atoms with Crippen molar-refractivity contribution in [2.75, 3.05) is 0 Å². The lowest BCUT2D eigenvalue weighted by Gasteiger charge is -2.17. The maximum atomic E-state index is 13.2. The first-order chi connectivity index (χ1) is 17.6. The molecule has 0 aliphatic carbocycles. The summed E-state index contributed by atoms with van der Waals surface area (Å²) in [6.07, 6.45) is 1.39. The fraction of sp³-hybridized carbons (Fsp3) is 0.267. The number of fused-ring (bicyclic) bond motifs is 1. The highest BCUT2D eigenvalue weighted by Gasteiger charge is 2.19. The Labute approximate surface area is 226 Å². The number of amides is 1. The molecule has 4 rings (SSSR count). The van der Waals surface area contributed by atoms with Crippen LogP contribution in [0.25, 0.3) is 10.1 Å². The van der Waals surface area contributed by atoms with Crippen LogP contribution in [0.3, 0.4) is 0 Å². The highest BCUT2D eigenvalue weighted by atomic mass is 35.5. The van der Waals surface area contributed by atoms with Crippen molar-refractivity contribution < 1.29 is 19.4 Å². The summed E-state index contributed by atoms with van der Waals surface area (Å²) in [5.41, 5.74) is 5.00. The first kappa shape index (κ1) is 26.7. The molecule has 1 aromatic heterocycles. The van der Waals surface area contributed by atoms with E-state index >= 15 is 0 Å². The summed E-state index contributed by atoms with van der Waals surface area (Å²) in [5.74, 6) is 0.464. The van der Waals surface area contributed by atoms with E-state index in [9.17, 15) is 9.59 Å². The van der Waals surface area contributed by atoms with Gasteiger partial charge in [-0.25, -0.2) is 0 Å². The van der Waals surface area contributed by atoms with Crippen LogP contribution in [0, 0.1) is 13.8 Å². The average Bonchev–Trinajstić information content (AvgIpc) is 3.18. The van der Waals surface area contributed by atoms with Crippen LogP contribution in [0.2, 0.25) is 5.02 Å². The molecular weight excluding hydrogens is 506 g/mol. The standard InChI is InChI=1S/C30H30ClNO4S/c1-5-20-14-24(9-6-21(20)7-11-28(33)34)36-25-13-17(2)12-22(15-25)19(4)32-30(35)29-18(3)26-16-23(31)8-10-27(26)37-29/h6,8-10,12-16,19H,5,7,11H2,1-4H3,(H,32,35)(H,33,34). The first-order valence-electron chi connectivity index (χ1n) is 12.3. The smallest absolute Gasteiger partial charge is 0.303 e. The fourth-order valence-electron chi connectivity index (χ4n) is 4.46. The zero-order valence-corrected chi connectivity index (χ0v) is 22.9. The molecule has 37 heavy (non-hydrogen) atoms. The van der Waals surface area contributed by atoms with E-state index in [1.165, 1.54) is 11.3 Å². The normalized spacial score (nSPS) is 11.9. The van der Waals surface area contributed by atoms with E-state index in [2.05, 4.69) is 5.32 Å². The number of hydrogen-bond donors (Lipinski definition) is 2. The van der Waals surface area contributed by atoms with E-state index in [1.54, 1.807) is 0 Å². The molecule has 0 bridgehead atoms. The van der Waals surface area contributed by atoms with Crippen LogP contribution in [0.15, 0.2) is 54.6 Å². The van der Waals surface area contributed by atoms with Gasteiger partial charge in [0.25, 0.3) is 5.91 Å². The van der Waals surface area contributed by atoms with Crippen molar-refractivity contribution >= 4 is 44.9 Å². The summed E-state index contributed by atoms with van der Waals surface area (Å²) in [6, 6.07) is 17.2. The quantitative estimate of drug-likeness (QED) is 0.227. The number of aliphatic carboxylic acids is 1. The molecule has 0 aliphatic heterocycles. The minimum absolute atomic E-state index is 0.104. The average molecular weight is 536 g/mol. The molecule has 7 heteroatoms. The Morgan fingerprint density at radius 1 is 1.03 bits per heavy atom. The molecule has 5 nitrogen and oxygen atoms in total. The summed E-state index contributed by atoms with van der Waals surface area (Å²) in [7, 11) is 0. The van der Waals surface area contributed by atoms with Gasteiger partial charge in [0.05, 0.1) is 10.9 Å². The predicted octanol–water partition coefficient (Wildman–Crippen LogP) is 8.03. The van der Waals surface area contributed by atoms with Crippen molar-refractivity contribution in [3.63, 3.8) is 0 Å². The van der Waals surface area contributed by atoms with E-state index in [0.717, 1.165) is 44.3 Å². The molecular formula is C30H30ClNO4S. The minimum Gasteiger partial charge on any atom is -0.481 e. The summed E-state index contributed by atoms with van der Waals surface area (Å²) >= 11 is 7.62. The number of rotatable bonds is 9. The van der Waals surface area contributed by atoms with Crippen LogP contribution < -0.4 is 10.1 Å². The molecule has 2 N–H and O–H groups in total. The third kappa shape index (κ3) is 6.32. The lowest BCUT2D eigenvalue weighted by molar-refractivity contribution is -0.136. The Hall–Kier alpha value is -3.35. The Morgan fingerprint density at radius 3 is 2.54 bits per heavy atom. The summed E-state index contributed by atoms with van der Waals surface area (Å²) in [5, 5.41) is 13.8. The van der Waals surface area contributed by atoms with Crippen LogP contribution in [-0.4, -0.2) is 17.0 Å². The van der Waals surface area contributed by atoms with Crippen molar-refractivity contribution in [3.05, 3.63) is 92.3 Å². The second-order valence-corrected chi connectivity index (χ2v) is 10.7. The van der Waals surface area contributed by atoms with Gasteiger partial charge in [-0.1, -0.05) is 30.7 Å². The van der Waals surface area contributed by atoms with Crippen molar-refractivity contribution in [3.8, 4) is 11.5 Å². The van der Waals surface area contributed by atoms with Crippen molar-refractivity contribution in [1.82, 2.24) is 5.32 Å². The molecule has 0 saturated carbocycles. The number of nitrogens with one attached hydrogen (secondary N) is 1. The molecule has 4 aromatic rings. The molecule has 1 atom stereocenters. The van der Waals surface area contributed by atoms with Crippen LogP contribution in [0.5, 0.6) is 11.5 Å². The second-order valence-electron chi connectivity index (χ2n) is 9.25. The Balaban J connectivity index is 1.51. The maximum absolute atomic E-state index is 13.2. The number of benzene rings is 3. The van der Waals surface area contributed by atoms with Gasteiger partial charge >= 0.3 is 5.97 Å². The van der Waals surface area contributed by atoms with Crippen molar-refractivity contribution in [2.24, 2.45) is 0 Å². The Bertz CT molecular complexity index is 1480. The third-order valence-corrected chi connectivity index (χ3v) is 7.93. The van der Waals surface area contributed by atoms with Crippen molar-refractivity contribution in [1.29, 1.82) is 0 Å². The number of ether oxygens (including phenoxy) is 1. The number of hydrogen-bond acceptors (Lipinski definition) is 4. The van der Waals surface area contributed by atoms with Gasteiger partial charge in [-0.15, -0.1) is 11.3 Å². The highest BCUT2D eigenvalue weighted by Crippen LogP contribution is 2.33. The monoisotopic (exact) mass is 535 g/mol. The molecule has 0 radical (unpaired) electrons. The largest absolute Gasteiger partial charge is 0.481 e. The van der Waals surface area contributed by atoms with Gasteiger partial charge in [0.15, 0.2) is 0 Å². The van der Waals surface area contributed by atoms with Gasteiger partial charge in [0.2, 0.25) is 0 Å². The van der Waals surface area contributed by atoms with E-state index in [4.69, 9.17) is 21.4 Å². The number of carboxylic acid groups (broad SMARTS) is 1. The molecule has 0 fully saturated rings. The van der Waals surface area contributed by atoms with Gasteiger partial charge in [-0.3, -0.25) is 9.59 Å². The number of halogens is 1. The summed E-state index contributed by atoms with van der Waals surface area (Å²) in [4.78, 5) is 24.8. The van der Waals surface area contributed by atoms with E-state index < -0.39 is 5.97 Å². The van der Waals surface area contributed by atoms with E-state index in [0.29, 0.717) is 27.8 Å². The van der Waals surface area contributed by atoms with Gasteiger partial charge in [0, 0.05) is 16.1 Å². The molecule has 1 heterocycles. The van der Waals surface area contributed by atoms with Gasteiger partial charge in [0.1, 0.15) is 11.5 Å². The number of carboxylic acids is 1. The Morgan fingerprint density at radius 2 is 1.81 bits per heavy atom. The number of carbonyl (C=O) groups excluding carboxylic acids is 1. The van der Waals surface area contributed by atoms with Crippen LogP contribution >= 0.6 is 22.9 Å². The molecule has 1 unspecified atom stereocenters.